The van der Waals surface area contributed by atoms with E-state index in [4.69, 9.17) is 18.9 Å². The number of ether oxygens (including phenoxy) is 4. The normalized spacial score (nSPS) is 13.6. The van der Waals surface area contributed by atoms with Crippen molar-refractivity contribution >= 4 is 70.1 Å². The summed E-state index contributed by atoms with van der Waals surface area (Å²) < 4.78 is 21.1. The van der Waals surface area contributed by atoms with Crippen molar-refractivity contribution in [2.75, 3.05) is 124 Å². The summed E-state index contributed by atoms with van der Waals surface area (Å²) in [5, 5.41) is 73.7. The Morgan fingerprint density at radius 3 is 1.16 bits per heavy atom. The van der Waals surface area contributed by atoms with Gasteiger partial charge in [-0.25, -0.2) is 24.0 Å². The lowest BCUT2D eigenvalue weighted by atomic mass is 9.94. The van der Waals surface area contributed by atoms with E-state index in [1.807, 2.05) is 186 Å². The Kier molecular flexibility index (Phi) is 48.0. The number of aromatic hydroxyl groups is 3. The lowest BCUT2D eigenvalue weighted by Gasteiger charge is -2.34. The van der Waals surface area contributed by atoms with Gasteiger partial charge >= 0.3 is 36.1 Å². The highest BCUT2D eigenvalue weighted by molar-refractivity contribution is 7.08. The minimum absolute atomic E-state index is 0.0706. The number of hydrogen-bond donors (Lipinski definition) is 14. The molecular formula is C103H143N15O13S3. The second-order valence-corrected chi connectivity index (χ2v) is 36.8. The van der Waals surface area contributed by atoms with E-state index >= 15 is 0 Å². The smallest absolute Gasteiger partial charge is 0.315 e. The van der Waals surface area contributed by atoms with Crippen LogP contribution in [0.15, 0.2) is 202 Å². The van der Waals surface area contributed by atoms with Crippen molar-refractivity contribution in [2.45, 2.75) is 161 Å². The molecule has 7 aromatic carbocycles. The second-order valence-electron chi connectivity index (χ2n) is 34.5. The molecule has 0 fully saturated rings. The summed E-state index contributed by atoms with van der Waals surface area (Å²) in [6.07, 6.45) is 7.99. The number of likely N-dealkylation sites (N-methyl/N-ethyl adjacent to an activating group) is 5. The summed E-state index contributed by atoms with van der Waals surface area (Å²) in [7, 11) is 21.0. The van der Waals surface area contributed by atoms with Crippen LogP contribution >= 0.6 is 34.0 Å². The standard InChI is InChI=1S/C22H31N3O3.C21H29N3O3S.C21H29N3O3.C20H29N3O2S.C19H25N3O2S/c1-16-5-8-18(21(13-16)28-4)11-12-23-22(27)24-15-19(25(2)3)14-17-6-9-20(26)10-7-17;1-15(11-18-9-10-28-14-18)23-21(26)22-13-19(24(3)4)12-17-5-7-20(8-6-17)27-16(2)25;1-15-4-7-17(20(12-15)27-3)10-11-23-21(26)24-14-18(22-2)13-16-5-8-19(25)9-6-16;1-15(11-17-9-10-26-14-17)22-20(24)21-13-18(23(2)3)12-16-5-7-19(25-4)8-6-16;1-13(7-14-5-6-25-12-14)21-19(24)20-10-17-8-15-3-4-18(23)9-16(15)11-22(17)2/h5-10,13,19,26H,11-12,14-15H2,1-4H3,(H2,23,24,27);5-10,14-15,19H,11-13H2,1-4H3,(H2,22,23,26);4-9,12,18,22,25H,10-11,13-14H2,1-3H3,(H2,23,24,26);5-10,14-15,18H,11-13H2,1-4H3,(H2,21,22,24);3-6,9,12-13,17,23H,7-8,10-11H2,1-2H3,(H2,20,21,24)/t19-;15-,19-;18-;15-,18-;13-,17-/m00000/s1. The summed E-state index contributed by atoms with van der Waals surface area (Å²) in [6, 6.07) is 54.2. The van der Waals surface area contributed by atoms with Gasteiger partial charge in [0.1, 0.15) is 40.2 Å². The molecule has 1 aliphatic rings. The monoisotopic (exact) mass is 1890 g/mol. The maximum absolute atomic E-state index is 12.2. The number of methoxy groups -OCH3 is 3. The first kappa shape index (κ1) is 109. The molecule has 0 unspecified atom stereocenters. The Morgan fingerprint density at radius 2 is 0.791 bits per heavy atom. The van der Waals surface area contributed by atoms with Crippen molar-refractivity contribution in [3.05, 3.63) is 274 Å². The Morgan fingerprint density at radius 1 is 0.418 bits per heavy atom. The fraction of sp³-hybridized carbons (Fsp3) is 0.417. The number of rotatable bonds is 41. The van der Waals surface area contributed by atoms with E-state index in [-0.39, 0.29) is 96.0 Å². The number of nitrogens with one attached hydrogen (secondary N) is 11. The van der Waals surface area contributed by atoms with Crippen LogP contribution < -0.4 is 77.4 Å². The minimum Gasteiger partial charge on any atom is -0.508 e. The molecular weight excluding hydrogens is 1750 g/mol. The third-order valence-electron chi connectivity index (χ3n) is 22.6. The summed E-state index contributed by atoms with van der Waals surface area (Å²) >= 11 is 5.02. The number of esters is 1. The highest BCUT2D eigenvalue weighted by Gasteiger charge is 2.26. The van der Waals surface area contributed by atoms with Gasteiger partial charge in [0, 0.05) is 108 Å². The van der Waals surface area contributed by atoms with Gasteiger partial charge in [-0.2, -0.15) is 34.0 Å². The fourth-order valence-electron chi connectivity index (χ4n) is 14.8. The predicted molar refractivity (Wildman–Crippen MR) is 542 cm³/mol. The van der Waals surface area contributed by atoms with Gasteiger partial charge in [0.2, 0.25) is 0 Å². The highest BCUT2D eigenvalue weighted by atomic mass is 32.1. The van der Waals surface area contributed by atoms with E-state index < -0.39 is 0 Å². The van der Waals surface area contributed by atoms with Crippen LogP contribution in [0.5, 0.6) is 40.2 Å². The molecule has 1 aliphatic heterocycles. The van der Waals surface area contributed by atoms with Gasteiger partial charge in [0.15, 0.2) is 0 Å². The lowest BCUT2D eigenvalue weighted by Crippen LogP contribution is -2.49. The van der Waals surface area contributed by atoms with Crippen LogP contribution in [0.3, 0.4) is 0 Å². The molecule has 10 amide bonds. The van der Waals surface area contributed by atoms with Crippen molar-refractivity contribution in [1.29, 1.82) is 0 Å². The highest BCUT2D eigenvalue weighted by Crippen LogP contribution is 2.27. The van der Waals surface area contributed by atoms with Crippen molar-refractivity contribution < 1.29 is 63.0 Å². The number of amides is 10. The quantitative estimate of drug-likeness (QED) is 0.0125. The third-order valence-corrected chi connectivity index (χ3v) is 24.8. The number of aryl methyl sites for hydroxylation is 2. The van der Waals surface area contributed by atoms with Crippen LogP contribution in [0, 0.1) is 13.8 Å². The molecule has 3 aromatic heterocycles. The number of hydrogen-bond acceptors (Lipinski definition) is 21. The largest absolute Gasteiger partial charge is 0.508 e. The number of phenolic OH excluding ortho intramolecular Hbond substituents is 3. The van der Waals surface area contributed by atoms with Gasteiger partial charge in [-0.1, -0.05) is 78.9 Å². The summed E-state index contributed by atoms with van der Waals surface area (Å²) in [4.78, 5) is 80.3. The Hall–Kier alpha value is -11.9. The van der Waals surface area contributed by atoms with Gasteiger partial charge in [-0.3, -0.25) is 9.69 Å². The van der Waals surface area contributed by atoms with E-state index in [1.54, 1.807) is 97.8 Å². The Labute approximate surface area is 805 Å². The lowest BCUT2D eigenvalue weighted by molar-refractivity contribution is -0.131. The van der Waals surface area contributed by atoms with Crippen molar-refractivity contribution in [3.8, 4) is 40.2 Å². The Balaban J connectivity index is 0.000000229. The molecule has 0 bridgehead atoms. The van der Waals surface area contributed by atoms with Gasteiger partial charge in [0.25, 0.3) is 0 Å². The summed E-state index contributed by atoms with van der Waals surface area (Å²) in [6.45, 7) is 16.1. The summed E-state index contributed by atoms with van der Waals surface area (Å²) in [5.74, 6) is 3.58. The molecule has 8 atom stereocenters. The second kappa shape index (κ2) is 58.9. The number of nitrogens with zero attached hydrogens (tertiary/aromatic N) is 4. The number of carbonyl (C=O) groups excluding carboxylic acids is 6. The number of urea groups is 5. The maximum Gasteiger partial charge on any atom is 0.315 e. The van der Waals surface area contributed by atoms with Gasteiger partial charge < -0.3 is 107 Å². The Bertz CT molecular complexity index is 5070. The molecule has 134 heavy (non-hydrogen) atoms. The average molecular weight is 1900 g/mol. The molecule has 4 heterocycles. The van der Waals surface area contributed by atoms with Crippen LogP contribution in [0.2, 0.25) is 0 Å². The minimum atomic E-state index is -0.331. The molecule has 0 saturated heterocycles. The zero-order valence-electron chi connectivity index (χ0n) is 80.9. The van der Waals surface area contributed by atoms with Gasteiger partial charge in [0.05, 0.1) is 21.3 Å². The van der Waals surface area contributed by atoms with Gasteiger partial charge in [-0.05, 0) is 351 Å². The van der Waals surface area contributed by atoms with Crippen molar-refractivity contribution in [3.63, 3.8) is 0 Å². The molecule has 0 radical (unpaired) electrons. The predicted octanol–water partition coefficient (Wildman–Crippen LogP) is 14.1. The SMILES string of the molecule is CC(=O)Oc1ccc(C[C@@H](CNC(=O)N[C@@H](C)Cc2ccsc2)N(C)C)cc1.CN[C@H](CNC(=O)NCCc1ccc(C)cc1OC)Cc1ccc(O)cc1.COc1cc(C)ccc1CCNC(=O)NC[C@H](Cc1ccc(O)cc1)N(C)C.COc1ccc(C[C@@H](CNC(=O)N[C@@H](C)Cc2ccsc2)N(C)C)cc1.C[C@@H](Cc1ccsc1)NC(=O)NC[C@@H]1Cc2ccc(O)cc2CN1C. The molecule has 11 rings (SSSR count). The molecule has 14 N–H and O–H groups in total. The molecule has 0 saturated carbocycles. The number of phenols is 3. The summed E-state index contributed by atoms with van der Waals surface area (Å²) in [5.41, 5.74) is 15.1. The van der Waals surface area contributed by atoms with E-state index in [0.717, 1.165) is 120 Å². The first-order chi connectivity index (χ1) is 64.2. The van der Waals surface area contributed by atoms with Crippen molar-refractivity contribution in [2.24, 2.45) is 0 Å². The molecule has 0 spiro atoms. The van der Waals surface area contributed by atoms with Crippen LogP contribution in [-0.4, -0.2) is 243 Å². The maximum atomic E-state index is 12.2. The van der Waals surface area contributed by atoms with Gasteiger partial charge in [-0.15, -0.1) is 0 Å². The topological polar surface area (TPSA) is 345 Å². The first-order valence-corrected chi connectivity index (χ1v) is 48.2. The fourth-order valence-corrected chi connectivity index (χ4v) is 16.8. The van der Waals surface area contributed by atoms with Crippen LogP contribution in [0.1, 0.15) is 100 Å². The number of benzene rings is 7. The van der Waals surface area contributed by atoms with Crippen LogP contribution in [0.4, 0.5) is 24.0 Å². The molecule has 10 aromatic rings. The average Bonchev–Trinajstić information content (AvgIpc) is 0.858. The van der Waals surface area contributed by atoms with Crippen molar-refractivity contribution in [1.82, 2.24) is 78.1 Å². The zero-order chi connectivity index (χ0) is 97.4. The van der Waals surface area contributed by atoms with E-state index in [9.17, 15) is 44.1 Å². The molecule has 726 valence electrons. The van der Waals surface area contributed by atoms with E-state index in [2.05, 4.69) is 142 Å². The third kappa shape index (κ3) is 42.1. The number of thiophene rings is 3. The number of fused-ring (bicyclic) bond motifs is 1. The molecule has 0 aliphatic carbocycles. The van der Waals surface area contributed by atoms with E-state index in [1.165, 1.54) is 34.7 Å². The van der Waals surface area contributed by atoms with Crippen LogP contribution in [-0.2, 0) is 75.5 Å². The number of carbonyl (C=O) groups is 6. The first-order valence-electron chi connectivity index (χ1n) is 45.3. The van der Waals surface area contributed by atoms with Crippen LogP contribution in [0.25, 0.3) is 0 Å². The zero-order valence-corrected chi connectivity index (χ0v) is 83.4. The van der Waals surface area contributed by atoms with E-state index in [0.29, 0.717) is 70.2 Å². The molecule has 28 nitrogen and oxygen atoms in total. The molecule has 31 heteroatoms.